The summed E-state index contributed by atoms with van der Waals surface area (Å²) in [5.74, 6) is 0.609. The van der Waals surface area contributed by atoms with Gasteiger partial charge >= 0.3 is 0 Å². The largest absolute Gasteiger partial charge is 0.493 e. The van der Waals surface area contributed by atoms with Crippen molar-refractivity contribution in [2.24, 2.45) is 0 Å². The van der Waals surface area contributed by atoms with E-state index in [1.165, 1.54) is 0 Å². The molecule has 0 radical (unpaired) electrons. The maximum absolute atomic E-state index is 12.5. The number of para-hydroxylation sites is 2. The predicted octanol–water partition coefficient (Wildman–Crippen LogP) is 3.70. The summed E-state index contributed by atoms with van der Waals surface area (Å²) in [6, 6.07) is 14.5. The van der Waals surface area contributed by atoms with E-state index in [1.54, 1.807) is 24.3 Å². The number of nitrogens with one attached hydrogen (secondary N) is 3. The van der Waals surface area contributed by atoms with Gasteiger partial charge in [0.15, 0.2) is 11.7 Å². The third-order valence-electron chi connectivity index (χ3n) is 4.56. The zero-order valence-electron chi connectivity index (χ0n) is 18.1. The summed E-state index contributed by atoms with van der Waals surface area (Å²) in [5, 5.41) is 2.48. The molecule has 0 bridgehead atoms. The molecule has 3 N–H and O–H groups in total. The molecule has 0 aliphatic carbocycles. The van der Waals surface area contributed by atoms with E-state index in [9.17, 15) is 9.59 Å². The zero-order chi connectivity index (χ0) is 22.6. The summed E-state index contributed by atoms with van der Waals surface area (Å²) in [5.41, 5.74) is 6.34. The van der Waals surface area contributed by atoms with Crippen molar-refractivity contribution in [2.45, 2.75) is 39.5 Å². The van der Waals surface area contributed by atoms with Gasteiger partial charge in [0.2, 0.25) is 0 Å². The quantitative estimate of drug-likeness (QED) is 0.405. The van der Waals surface area contributed by atoms with Gasteiger partial charge < -0.3 is 9.47 Å². The van der Waals surface area contributed by atoms with E-state index >= 15 is 0 Å². The number of thiocarbonyl (C=S) groups is 1. The van der Waals surface area contributed by atoms with Crippen LogP contribution < -0.4 is 25.6 Å². The van der Waals surface area contributed by atoms with Gasteiger partial charge in [-0.1, -0.05) is 51.1 Å². The first-order valence-corrected chi connectivity index (χ1v) is 10.7. The minimum atomic E-state index is -0.433. The van der Waals surface area contributed by atoms with Crippen molar-refractivity contribution >= 4 is 29.1 Å². The van der Waals surface area contributed by atoms with Crippen molar-refractivity contribution in [3.63, 3.8) is 0 Å². The van der Waals surface area contributed by atoms with E-state index in [0.717, 1.165) is 18.4 Å². The van der Waals surface area contributed by atoms with E-state index in [4.69, 9.17) is 21.7 Å². The van der Waals surface area contributed by atoms with E-state index in [0.29, 0.717) is 29.6 Å². The van der Waals surface area contributed by atoms with E-state index in [1.807, 2.05) is 31.2 Å². The number of ether oxygens (including phenoxy) is 2. The molecule has 1 atom stereocenters. The first-order chi connectivity index (χ1) is 15.0. The molecule has 1 unspecified atom stereocenters. The van der Waals surface area contributed by atoms with Crippen LogP contribution in [-0.4, -0.2) is 30.1 Å². The standard InChI is InChI=1S/C23H29N3O4S/c1-4-14-29-20-13-9-7-11-18(20)22(28)24-23(31)26-25-21(27)15-30-19-12-8-6-10-17(19)16(3)5-2/h6-13,16H,4-5,14-15H2,1-3H3,(H,25,27)(H2,24,26,28,31). The second kappa shape index (κ2) is 12.5. The Kier molecular flexibility index (Phi) is 9.77. The average molecular weight is 444 g/mol. The number of hydrazine groups is 1. The van der Waals surface area contributed by atoms with Gasteiger partial charge in [0.25, 0.3) is 11.8 Å². The van der Waals surface area contributed by atoms with Gasteiger partial charge in [-0.25, -0.2) is 0 Å². The van der Waals surface area contributed by atoms with Gasteiger partial charge in [-0.05, 0) is 54.7 Å². The zero-order valence-corrected chi connectivity index (χ0v) is 18.9. The highest BCUT2D eigenvalue weighted by molar-refractivity contribution is 7.80. The Hall–Kier alpha value is -3.13. The van der Waals surface area contributed by atoms with E-state index in [2.05, 4.69) is 30.0 Å². The lowest BCUT2D eigenvalue weighted by atomic mass is 9.98. The normalized spacial score (nSPS) is 11.2. The SMILES string of the molecule is CCCOc1ccccc1C(=O)NC(=S)NNC(=O)COc1ccccc1C(C)CC. The fraction of sp³-hybridized carbons (Fsp3) is 0.348. The molecule has 2 rings (SSSR count). The summed E-state index contributed by atoms with van der Waals surface area (Å²) in [7, 11) is 0. The number of rotatable bonds is 9. The minimum Gasteiger partial charge on any atom is -0.493 e. The third-order valence-corrected chi connectivity index (χ3v) is 4.76. The summed E-state index contributed by atoms with van der Waals surface area (Å²) in [4.78, 5) is 24.6. The Balaban J connectivity index is 1.83. The van der Waals surface area contributed by atoms with Crippen LogP contribution in [0.2, 0.25) is 0 Å². The average Bonchev–Trinajstić information content (AvgIpc) is 2.79. The van der Waals surface area contributed by atoms with Crippen molar-refractivity contribution in [1.82, 2.24) is 16.2 Å². The highest BCUT2D eigenvalue weighted by Gasteiger charge is 2.14. The number of amides is 2. The van der Waals surface area contributed by atoms with Gasteiger partial charge in [0.05, 0.1) is 12.2 Å². The molecular weight excluding hydrogens is 414 g/mol. The highest BCUT2D eigenvalue weighted by atomic mass is 32.1. The second-order valence-electron chi connectivity index (χ2n) is 6.94. The van der Waals surface area contributed by atoms with Crippen molar-refractivity contribution in [3.05, 3.63) is 59.7 Å². The Morgan fingerprint density at radius 2 is 1.65 bits per heavy atom. The van der Waals surface area contributed by atoms with E-state index in [-0.39, 0.29) is 11.7 Å². The number of hydrogen-bond acceptors (Lipinski definition) is 5. The van der Waals surface area contributed by atoms with Crippen molar-refractivity contribution in [1.29, 1.82) is 0 Å². The Morgan fingerprint density at radius 1 is 0.968 bits per heavy atom. The van der Waals surface area contributed by atoms with Crippen LogP contribution in [-0.2, 0) is 4.79 Å². The maximum atomic E-state index is 12.5. The molecule has 0 aliphatic heterocycles. The second-order valence-corrected chi connectivity index (χ2v) is 7.35. The van der Waals surface area contributed by atoms with Crippen LogP contribution in [0.3, 0.4) is 0 Å². The van der Waals surface area contributed by atoms with E-state index < -0.39 is 11.8 Å². The smallest absolute Gasteiger partial charge is 0.276 e. The molecule has 0 saturated carbocycles. The highest BCUT2D eigenvalue weighted by Crippen LogP contribution is 2.28. The monoisotopic (exact) mass is 443 g/mol. The molecule has 2 amide bonds. The molecule has 0 aromatic heterocycles. The molecule has 0 fully saturated rings. The molecule has 0 spiro atoms. The fourth-order valence-corrected chi connectivity index (χ4v) is 2.88. The Morgan fingerprint density at radius 3 is 2.35 bits per heavy atom. The number of carbonyl (C=O) groups excluding carboxylic acids is 2. The number of benzene rings is 2. The molecular formula is C23H29N3O4S. The molecule has 0 heterocycles. The summed E-state index contributed by atoms with van der Waals surface area (Å²) >= 11 is 5.09. The van der Waals surface area contributed by atoms with Crippen LogP contribution in [0.4, 0.5) is 0 Å². The Labute approximate surface area is 188 Å². The van der Waals surface area contributed by atoms with Crippen LogP contribution in [0, 0.1) is 0 Å². The predicted molar refractivity (Wildman–Crippen MR) is 124 cm³/mol. The Bertz CT molecular complexity index is 904. The number of carbonyl (C=O) groups is 2. The lowest BCUT2D eigenvalue weighted by Crippen LogP contribution is -2.49. The molecule has 31 heavy (non-hydrogen) atoms. The van der Waals surface area contributed by atoms with Crippen LogP contribution >= 0.6 is 12.2 Å². The van der Waals surface area contributed by atoms with Crippen LogP contribution in [0.1, 0.15) is 55.5 Å². The molecule has 166 valence electrons. The summed E-state index contributed by atoms with van der Waals surface area (Å²) in [6.45, 7) is 6.50. The topological polar surface area (TPSA) is 88.7 Å². The maximum Gasteiger partial charge on any atom is 0.276 e. The third kappa shape index (κ3) is 7.57. The lowest BCUT2D eigenvalue weighted by molar-refractivity contribution is -0.123. The summed E-state index contributed by atoms with van der Waals surface area (Å²) in [6.07, 6.45) is 1.79. The molecule has 0 aliphatic rings. The van der Waals surface area contributed by atoms with Crippen molar-refractivity contribution < 1.29 is 19.1 Å². The molecule has 7 nitrogen and oxygen atoms in total. The molecule has 8 heteroatoms. The van der Waals surface area contributed by atoms with Gasteiger partial charge in [-0.15, -0.1) is 0 Å². The molecule has 2 aromatic rings. The van der Waals surface area contributed by atoms with Crippen molar-refractivity contribution in [2.75, 3.05) is 13.2 Å². The van der Waals surface area contributed by atoms with Gasteiger partial charge in [0.1, 0.15) is 11.5 Å². The van der Waals surface area contributed by atoms with Crippen LogP contribution in [0.5, 0.6) is 11.5 Å². The minimum absolute atomic E-state index is 0.0383. The molecule has 0 saturated heterocycles. The first kappa shape index (κ1) is 24.1. The fourth-order valence-electron chi connectivity index (χ4n) is 2.74. The van der Waals surface area contributed by atoms with Crippen LogP contribution in [0.15, 0.2) is 48.5 Å². The molecule has 2 aromatic carbocycles. The first-order valence-electron chi connectivity index (χ1n) is 10.3. The summed E-state index contributed by atoms with van der Waals surface area (Å²) < 4.78 is 11.2. The van der Waals surface area contributed by atoms with Gasteiger partial charge in [-0.2, -0.15) is 0 Å². The lowest BCUT2D eigenvalue weighted by Gasteiger charge is -2.16. The number of hydrogen-bond donors (Lipinski definition) is 3. The van der Waals surface area contributed by atoms with Gasteiger partial charge in [-0.3, -0.25) is 25.8 Å². The van der Waals surface area contributed by atoms with Gasteiger partial charge in [0, 0.05) is 0 Å². The van der Waals surface area contributed by atoms with Crippen molar-refractivity contribution in [3.8, 4) is 11.5 Å². The van der Waals surface area contributed by atoms with Crippen LogP contribution in [0.25, 0.3) is 0 Å².